The first-order chi connectivity index (χ1) is 28.0. The van der Waals surface area contributed by atoms with Crippen molar-refractivity contribution in [1.29, 1.82) is 0 Å². The Hall–Kier alpha value is -6.46. The molecule has 2 heterocycles. The molecule has 0 radical (unpaired) electrons. The second-order valence-corrected chi connectivity index (χ2v) is 17.6. The fourth-order valence-corrected chi connectivity index (χ4v) is 10.9. The Bertz CT molecular complexity index is 3100. The van der Waals surface area contributed by atoms with Gasteiger partial charge in [-0.1, -0.05) is 117 Å². The first-order valence-corrected chi connectivity index (χ1v) is 21.1. The Morgan fingerprint density at radius 2 is 1.11 bits per heavy atom. The SMILES string of the molecule is CC1(C)c2ccccc2-c2ccc(N(c3ccc(-c4ccc(Nc5ccccc5)c(-c5cc6ccccc6s5)c4)cc3)c3ccc4sc5ccccc5c4c3)cc21. The van der Waals surface area contributed by atoms with Gasteiger partial charge in [-0.05, 0) is 124 Å². The quantitative estimate of drug-likeness (QED) is 0.174. The molecule has 2 aromatic heterocycles. The van der Waals surface area contributed by atoms with Crippen LogP contribution in [-0.4, -0.2) is 0 Å². The molecule has 0 aliphatic heterocycles. The van der Waals surface area contributed by atoms with Crippen molar-refractivity contribution in [2.24, 2.45) is 0 Å². The summed E-state index contributed by atoms with van der Waals surface area (Å²) in [5.74, 6) is 0. The summed E-state index contributed by atoms with van der Waals surface area (Å²) in [6.07, 6.45) is 0. The molecule has 0 fully saturated rings. The zero-order valence-electron chi connectivity index (χ0n) is 31.7. The molecule has 272 valence electrons. The minimum absolute atomic E-state index is 0.0986. The number of hydrogen-bond donors (Lipinski definition) is 1. The summed E-state index contributed by atoms with van der Waals surface area (Å²) in [7, 11) is 0. The number of benzene rings is 8. The summed E-state index contributed by atoms with van der Waals surface area (Å²) < 4.78 is 3.92. The van der Waals surface area contributed by atoms with Gasteiger partial charge in [-0.2, -0.15) is 0 Å². The number of thiophene rings is 2. The number of rotatable bonds is 7. The number of hydrogen-bond acceptors (Lipinski definition) is 4. The Balaban J connectivity index is 1.03. The van der Waals surface area contributed by atoms with Crippen LogP contribution < -0.4 is 10.2 Å². The average Bonchev–Trinajstić information content (AvgIpc) is 3.92. The standard InChI is InChI=1S/C53H38N2S2/c1-53(2)46-17-9-7-15-41(46)42-27-25-40(33-47(42)53)55(39-26-29-51-44(32-39)43-16-8-11-19-50(43)57-51)38-23-20-34(21-24-38)35-22-28-48(54-37-13-4-3-5-14-37)45(30-35)52-31-36-12-6-10-18-49(36)56-52/h3-33,54H,1-2H3. The molecular formula is C53H38N2S2. The number of nitrogens with zero attached hydrogens (tertiary/aromatic N) is 1. The van der Waals surface area contributed by atoms with Crippen LogP contribution in [0.3, 0.4) is 0 Å². The maximum atomic E-state index is 3.71. The maximum Gasteiger partial charge on any atom is 0.0472 e. The van der Waals surface area contributed by atoms with Gasteiger partial charge in [0.1, 0.15) is 0 Å². The molecule has 4 heteroatoms. The Kier molecular flexibility index (Phi) is 7.92. The highest BCUT2D eigenvalue weighted by Crippen LogP contribution is 2.51. The molecule has 11 rings (SSSR count). The Morgan fingerprint density at radius 3 is 1.96 bits per heavy atom. The lowest BCUT2D eigenvalue weighted by Crippen LogP contribution is -2.16. The lowest BCUT2D eigenvalue weighted by molar-refractivity contribution is 0.660. The molecule has 0 unspecified atom stereocenters. The van der Waals surface area contributed by atoms with Crippen LogP contribution in [0.25, 0.3) is 63.0 Å². The van der Waals surface area contributed by atoms with Crippen LogP contribution in [0.4, 0.5) is 28.4 Å². The zero-order valence-corrected chi connectivity index (χ0v) is 33.3. The van der Waals surface area contributed by atoms with Crippen molar-refractivity contribution >= 4 is 81.4 Å². The van der Waals surface area contributed by atoms with Gasteiger partial charge in [0.25, 0.3) is 0 Å². The van der Waals surface area contributed by atoms with Gasteiger partial charge in [0, 0.05) is 69.2 Å². The number of para-hydroxylation sites is 1. The lowest BCUT2D eigenvalue weighted by Gasteiger charge is -2.28. The predicted octanol–water partition coefficient (Wildman–Crippen LogP) is 16.1. The predicted molar refractivity (Wildman–Crippen MR) is 248 cm³/mol. The summed E-state index contributed by atoms with van der Waals surface area (Å²) in [6, 6.07) is 69.0. The normalized spacial score (nSPS) is 12.9. The van der Waals surface area contributed by atoms with Crippen LogP contribution in [0, 0.1) is 0 Å². The molecule has 8 aromatic carbocycles. The minimum atomic E-state index is -0.0986. The van der Waals surface area contributed by atoms with Crippen LogP contribution in [-0.2, 0) is 5.41 Å². The Morgan fingerprint density at radius 1 is 0.439 bits per heavy atom. The molecule has 0 amide bonds. The van der Waals surface area contributed by atoms with E-state index in [0.29, 0.717) is 0 Å². The third-order valence-corrected chi connectivity index (χ3v) is 14.0. The summed E-state index contributed by atoms with van der Waals surface area (Å²) in [5.41, 5.74) is 14.5. The largest absolute Gasteiger partial charge is 0.355 e. The second kappa shape index (κ2) is 13.3. The molecule has 57 heavy (non-hydrogen) atoms. The molecule has 0 bridgehead atoms. The van der Waals surface area contributed by atoms with Gasteiger partial charge in [-0.25, -0.2) is 0 Å². The summed E-state index contributed by atoms with van der Waals surface area (Å²) >= 11 is 3.70. The van der Waals surface area contributed by atoms with Crippen molar-refractivity contribution in [2.45, 2.75) is 19.3 Å². The van der Waals surface area contributed by atoms with Crippen molar-refractivity contribution in [3.05, 3.63) is 199 Å². The van der Waals surface area contributed by atoms with Gasteiger partial charge in [-0.3, -0.25) is 0 Å². The van der Waals surface area contributed by atoms with E-state index in [9.17, 15) is 0 Å². The highest BCUT2D eigenvalue weighted by Gasteiger charge is 2.35. The van der Waals surface area contributed by atoms with Gasteiger partial charge in [0.15, 0.2) is 0 Å². The summed E-state index contributed by atoms with van der Waals surface area (Å²) in [4.78, 5) is 3.68. The molecule has 1 aliphatic carbocycles. The third kappa shape index (κ3) is 5.75. The van der Waals surface area contributed by atoms with E-state index in [4.69, 9.17) is 0 Å². The molecule has 1 N–H and O–H groups in total. The van der Waals surface area contributed by atoms with E-state index in [1.807, 2.05) is 22.7 Å². The highest BCUT2D eigenvalue weighted by molar-refractivity contribution is 7.25. The number of fused-ring (bicyclic) bond motifs is 7. The fourth-order valence-electron chi connectivity index (χ4n) is 8.76. The van der Waals surface area contributed by atoms with Gasteiger partial charge < -0.3 is 10.2 Å². The highest BCUT2D eigenvalue weighted by atomic mass is 32.1. The van der Waals surface area contributed by atoms with E-state index in [-0.39, 0.29) is 5.41 Å². The molecule has 10 aromatic rings. The van der Waals surface area contributed by atoms with Gasteiger partial charge >= 0.3 is 0 Å². The summed E-state index contributed by atoms with van der Waals surface area (Å²) in [6.45, 7) is 4.72. The average molecular weight is 767 g/mol. The van der Waals surface area contributed by atoms with Gasteiger partial charge in [-0.15, -0.1) is 22.7 Å². The van der Waals surface area contributed by atoms with Crippen LogP contribution >= 0.6 is 22.7 Å². The van der Waals surface area contributed by atoms with Gasteiger partial charge in [0.05, 0.1) is 0 Å². The monoisotopic (exact) mass is 766 g/mol. The van der Waals surface area contributed by atoms with E-state index in [0.717, 1.165) is 28.4 Å². The van der Waals surface area contributed by atoms with E-state index >= 15 is 0 Å². The molecule has 0 saturated carbocycles. The van der Waals surface area contributed by atoms with Crippen molar-refractivity contribution in [3.8, 4) is 32.7 Å². The van der Waals surface area contributed by atoms with Crippen molar-refractivity contribution in [3.63, 3.8) is 0 Å². The summed E-state index contributed by atoms with van der Waals surface area (Å²) in [5, 5.41) is 7.57. The molecular weight excluding hydrogens is 729 g/mol. The molecule has 0 spiro atoms. The van der Waals surface area contributed by atoms with Gasteiger partial charge in [0.2, 0.25) is 0 Å². The second-order valence-electron chi connectivity index (χ2n) is 15.5. The lowest BCUT2D eigenvalue weighted by atomic mass is 9.82. The van der Waals surface area contributed by atoms with Crippen LogP contribution in [0.1, 0.15) is 25.0 Å². The van der Waals surface area contributed by atoms with E-state index in [2.05, 4.69) is 212 Å². The van der Waals surface area contributed by atoms with E-state index in [1.165, 1.54) is 74.1 Å². The van der Waals surface area contributed by atoms with Crippen molar-refractivity contribution in [2.75, 3.05) is 10.2 Å². The van der Waals surface area contributed by atoms with Crippen LogP contribution in [0.15, 0.2) is 188 Å². The minimum Gasteiger partial charge on any atom is -0.355 e. The number of anilines is 5. The smallest absolute Gasteiger partial charge is 0.0472 e. The topological polar surface area (TPSA) is 15.3 Å². The van der Waals surface area contributed by atoms with Crippen LogP contribution in [0.5, 0.6) is 0 Å². The fraction of sp³-hybridized carbons (Fsp3) is 0.0566. The molecule has 1 aliphatic rings. The zero-order chi connectivity index (χ0) is 38.1. The first-order valence-electron chi connectivity index (χ1n) is 19.5. The molecule has 0 atom stereocenters. The first kappa shape index (κ1) is 33.8. The molecule has 2 nitrogen and oxygen atoms in total. The third-order valence-electron chi connectivity index (χ3n) is 11.7. The maximum absolute atomic E-state index is 3.71. The Labute approximate surface area is 340 Å². The van der Waals surface area contributed by atoms with Crippen molar-refractivity contribution < 1.29 is 0 Å². The van der Waals surface area contributed by atoms with E-state index < -0.39 is 0 Å². The van der Waals surface area contributed by atoms with Crippen molar-refractivity contribution in [1.82, 2.24) is 0 Å². The number of nitrogens with one attached hydrogen (secondary N) is 1. The van der Waals surface area contributed by atoms with Crippen LogP contribution in [0.2, 0.25) is 0 Å². The van der Waals surface area contributed by atoms with E-state index in [1.54, 1.807) is 0 Å². The molecule has 0 saturated heterocycles.